The van der Waals surface area contributed by atoms with Gasteiger partial charge in [-0.15, -0.1) is 0 Å². The smallest absolute Gasteiger partial charge is 0.139 e. The fourth-order valence-corrected chi connectivity index (χ4v) is 3.35. The second kappa shape index (κ2) is 5.04. The first-order valence-corrected chi connectivity index (χ1v) is 7.47. The predicted molar refractivity (Wildman–Crippen MR) is 76.2 cm³/mol. The van der Waals surface area contributed by atoms with E-state index in [1.54, 1.807) is 6.07 Å². The van der Waals surface area contributed by atoms with E-state index >= 15 is 0 Å². The first-order chi connectivity index (χ1) is 8.74. The maximum Gasteiger partial charge on any atom is 0.139 e. The first-order valence-electron chi connectivity index (χ1n) is 6.68. The van der Waals surface area contributed by atoms with Gasteiger partial charge in [-0.3, -0.25) is 0 Å². The minimum Gasteiger partial charge on any atom is -0.347 e. The van der Waals surface area contributed by atoms with Gasteiger partial charge in [0.2, 0.25) is 0 Å². The summed E-state index contributed by atoms with van der Waals surface area (Å²) in [7, 11) is 0. The molecule has 1 aromatic carbocycles. The van der Waals surface area contributed by atoms with E-state index in [1.807, 2.05) is 6.07 Å². The van der Waals surface area contributed by atoms with Crippen LogP contribution in [0.1, 0.15) is 32.1 Å². The van der Waals surface area contributed by atoms with Crippen molar-refractivity contribution in [3.05, 3.63) is 34.7 Å². The number of halogens is 2. The predicted octanol–water partition coefficient (Wildman–Crippen LogP) is 5.12. The molecule has 1 aliphatic carbocycles. The van der Waals surface area contributed by atoms with E-state index in [-0.39, 0.29) is 5.82 Å². The number of rotatable bonds is 2. The standard InChI is InChI=1S/C15H17BrFN/c16-13-8-12-6-7-18(15(12)9-14(13)17)10-11-4-2-1-3-5-11/h6-9,11H,1-5,10H2. The lowest BCUT2D eigenvalue weighted by molar-refractivity contribution is 0.322. The highest BCUT2D eigenvalue weighted by Crippen LogP contribution is 2.28. The average molecular weight is 310 g/mol. The lowest BCUT2D eigenvalue weighted by Crippen LogP contribution is -2.13. The van der Waals surface area contributed by atoms with Gasteiger partial charge in [-0.25, -0.2) is 4.39 Å². The van der Waals surface area contributed by atoms with E-state index in [9.17, 15) is 4.39 Å². The highest BCUT2D eigenvalue weighted by molar-refractivity contribution is 9.10. The van der Waals surface area contributed by atoms with Crippen molar-refractivity contribution in [1.29, 1.82) is 0 Å². The molecular weight excluding hydrogens is 293 g/mol. The lowest BCUT2D eigenvalue weighted by atomic mass is 9.89. The quantitative estimate of drug-likeness (QED) is 0.725. The van der Waals surface area contributed by atoms with E-state index in [4.69, 9.17) is 0 Å². The van der Waals surface area contributed by atoms with Crippen LogP contribution in [-0.2, 0) is 6.54 Å². The van der Waals surface area contributed by atoms with Crippen molar-refractivity contribution in [2.75, 3.05) is 0 Å². The summed E-state index contributed by atoms with van der Waals surface area (Å²) in [4.78, 5) is 0. The summed E-state index contributed by atoms with van der Waals surface area (Å²) in [5, 5.41) is 1.11. The third-order valence-electron chi connectivity index (χ3n) is 3.99. The average Bonchev–Trinajstić information content (AvgIpc) is 2.74. The SMILES string of the molecule is Fc1cc2c(ccn2CC2CCCCC2)cc1Br. The van der Waals surface area contributed by atoms with Crippen LogP contribution < -0.4 is 0 Å². The molecule has 1 fully saturated rings. The zero-order chi connectivity index (χ0) is 12.5. The van der Waals surface area contributed by atoms with E-state index < -0.39 is 0 Å². The lowest BCUT2D eigenvalue weighted by Gasteiger charge is -2.22. The fraction of sp³-hybridized carbons (Fsp3) is 0.467. The molecule has 3 heteroatoms. The molecule has 0 radical (unpaired) electrons. The Bertz CT molecular complexity index is 555. The van der Waals surface area contributed by atoms with E-state index in [2.05, 4.69) is 32.8 Å². The van der Waals surface area contributed by atoms with Gasteiger partial charge in [0.25, 0.3) is 0 Å². The Morgan fingerprint density at radius 3 is 2.78 bits per heavy atom. The maximum atomic E-state index is 13.6. The number of fused-ring (bicyclic) bond motifs is 1. The summed E-state index contributed by atoms with van der Waals surface area (Å²) >= 11 is 3.24. The van der Waals surface area contributed by atoms with Crippen molar-refractivity contribution in [2.24, 2.45) is 5.92 Å². The molecule has 0 N–H and O–H groups in total. The largest absolute Gasteiger partial charge is 0.347 e. The van der Waals surface area contributed by atoms with Gasteiger partial charge in [-0.2, -0.15) is 0 Å². The Morgan fingerprint density at radius 1 is 1.22 bits per heavy atom. The van der Waals surface area contributed by atoms with Crippen LogP contribution >= 0.6 is 15.9 Å². The van der Waals surface area contributed by atoms with Crippen molar-refractivity contribution in [1.82, 2.24) is 4.57 Å². The van der Waals surface area contributed by atoms with Crippen LogP contribution in [0.15, 0.2) is 28.9 Å². The number of nitrogens with zero attached hydrogens (tertiary/aromatic N) is 1. The molecular formula is C15H17BrFN. The minimum absolute atomic E-state index is 0.175. The van der Waals surface area contributed by atoms with Gasteiger partial charge in [0.15, 0.2) is 0 Å². The molecule has 1 nitrogen and oxygen atoms in total. The molecule has 1 aromatic heterocycles. The molecule has 2 aromatic rings. The van der Waals surface area contributed by atoms with Gasteiger partial charge in [0.05, 0.1) is 9.99 Å². The Kier molecular flexibility index (Phi) is 3.42. The van der Waals surface area contributed by atoms with Crippen LogP contribution in [0, 0.1) is 11.7 Å². The normalized spacial score (nSPS) is 17.4. The molecule has 0 atom stereocenters. The molecule has 0 spiro atoms. The van der Waals surface area contributed by atoms with E-state index in [1.165, 1.54) is 32.1 Å². The van der Waals surface area contributed by atoms with Gasteiger partial charge >= 0.3 is 0 Å². The van der Waals surface area contributed by atoms with Gasteiger partial charge in [0, 0.05) is 18.1 Å². The Labute approximate surface area is 115 Å². The molecule has 0 bridgehead atoms. The molecule has 96 valence electrons. The maximum absolute atomic E-state index is 13.6. The molecule has 1 heterocycles. The topological polar surface area (TPSA) is 4.93 Å². The van der Waals surface area contributed by atoms with E-state index in [0.717, 1.165) is 23.4 Å². The highest BCUT2D eigenvalue weighted by atomic mass is 79.9. The van der Waals surface area contributed by atoms with Crippen molar-refractivity contribution in [2.45, 2.75) is 38.6 Å². The summed E-state index contributed by atoms with van der Waals surface area (Å²) in [5.41, 5.74) is 1.02. The zero-order valence-corrected chi connectivity index (χ0v) is 11.9. The molecule has 18 heavy (non-hydrogen) atoms. The summed E-state index contributed by atoms with van der Waals surface area (Å²) in [6.07, 6.45) is 8.81. The zero-order valence-electron chi connectivity index (χ0n) is 10.3. The van der Waals surface area contributed by atoms with Crippen LogP contribution in [-0.4, -0.2) is 4.57 Å². The molecule has 3 rings (SSSR count). The molecule has 0 saturated heterocycles. The molecule has 0 amide bonds. The van der Waals surface area contributed by atoms with Crippen LogP contribution in [0.4, 0.5) is 4.39 Å². The monoisotopic (exact) mass is 309 g/mol. The van der Waals surface area contributed by atoms with E-state index in [0.29, 0.717) is 4.47 Å². The number of hydrogen-bond acceptors (Lipinski definition) is 0. The van der Waals surface area contributed by atoms with Gasteiger partial charge in [-0.05, 0) is 52.9 Å². The van der Waals surface area contributed by atoms with Crippen LogP contribution in [0.2, 0.25) is 0 Å². The number of benzene rings is 1. The van der Waals surface area contributed by atoms with Crippen molar-refractivity contribution in [3.63, 3.8) is 0 Å². The molecule has 1 aliphatic rings. The van der Waals surface area contributed by atoms with Gasteiger partial charge in [-0.1, -0.05) is 19.3 Å². The second-order valence-electron chi connectivity index (χ2n) is 5.30. The number of aromatic nitrogens is 1. The molecule has 1 saturated carbocycles. The molecule has 0 aliphatic heterocycles. The van der Waals surface area contributed by atoms with Crippen molar-refractivity contribution >= 4 is 26.8 Å². The summed E-state index contributed by atoms with van der Waals surface area (Å²) < 4.78 is 16.4. The van der Waals surface area contributed by atoms with Crippen LogP contribution in [0.25, 0.3) is 10.9 Å². The first kappa shape index (κ1) is 12.2. The van der Waals surface area contributed by atoms with Crippen molar-refractivity contribution < 1.29 is 4.39 Å². The van der Waals surface area contributed by atoms with Crippen LogP contribution in [0.5, 0.6) is 0 Å². The fourth-order valence-electron chi connectivity index (χ4n) is 2.99. The summed E-state index contributed by atoms with van der Waals surface area (Å²) in [6.45, 7) is 1.03. The van der Waals surface area contributed by atoms with Crippen LogP contribution in [0.3, 0.4) is 0 Å². The summed E-state index contributed by atoms with van der Waals surface area (Å²) in [6, 6.07) is 5.58. The third kappa shape index (κ3) is 2.33. The van der Waals surface area contributed by atoms with Gasteiger partial charge < -0.3 is 4.57 Å². The second-order valence-corrected chi connectivity index (χ2v) is 6.15. The summed E-state index contributed by atoms with van der Waals surface area (Å²) in [5.74, 6) is 0.590. The third-order valence-corrected chi connectivity index (χ3v) is 4.60. The minimum atomic E-state index is -0.175. The Hall–Kier alpha value is -0.830. The van der Waals surface area contributed by atoms with Gasteiger partial charge in [0.1, 0.15) is 5.82 Å². The Balaban J connectivity index is 1.89. The highest BCUT2D eigenvalue weighted by Gasteiger charge is 2.15. The number of hydrogen-bond donors (Lipinski definition) is 0. The Morgan fingerprint density at radius 2 is 2.00 bits per heavy atom. The molecule has 0 unspecified atom stereocenters. The van der Waals surface area contributed by atoms with Crippen molar-refractivity contribution in [3.8, 4) is 0 Å².